The standard InChI is InChI=1S/C16H18O7/c1-9(2)13(17)22-15(19)11(5)7-21-8-12(6)16(20)23-14(18)10(3)4/h7-8H,1,3H2,2,4-6H3. The predicted octanol–water partition coefficient (Wildman–Crippen LogP) is 2.10. The van der Waals surface area contributed by atoms with Gasteiger partial charge < -0.3 is 14.2 Å². The molecule has 0 saturated carbocycles. The molecular weight excluding hydrogens is 304 g/mol. The molecule has 0 N–H and O–H groups in total. The Morgan fingerprint density at radius 1 is 0.652 bits per heavy atom. The molecule has 23 heavy (non-hydrogen) atoms. The van der Waals surface area contributed by atoms with Crippen molar-refractivity contribution in [1.82, 2.24) is 0 Å². The van der Waals surface area contributed by atoms with E-state index in [4.69, 9.17) is 4.74 Å². The van der Waals surface area contributed by atoms with Crippen LogP contribution in [0.2, 0.25) is 0 Å². The molecule has 0 unspecified atom stereocenters. The molecule has 0 atom stereocenters. The molecule has 0 radical (unpaired) electrons. The minimum absolute atomic E-state index is 0.0185. The molecule has 0 aromatic rings. The van der Waals surface area contributed by atoms with Crippen LogP contribution < -0.4 is 0 Å². The van der Waals surface area contributed by atoms with Gasteiger partial charge in [-0.25, -0.2) is 19.2 Å². The van der Waals surface area contributed by atoms with Crippen molar-refractivity contribution in [3.8, 4) is 0 Å². The molecule has 0 heterocycles. The first-order valence-corrected chi connectivity index (χ1v) is 6.39. The lowest BCUT2D eigenvalue weighted by molar-refractivity contribution is -0.155. The van der Waals surface area contributed by atoms with Gasteiger partial charge in [0.15, 0.2) is 0 Å². The Balaban J connectivity index is 4.64. The molecule has 124 valence electrons. The number of carbonyl (C=O) groups is 4. The summed E-state index contributed by atoms with van der Waals surface area (Å²) >= 11 is 0. The van der Waals surface area contributed by atoms with E-state index in [0.717, 1.165) is 12.5 Å². The van der Waals surface area contributed by atoms with Crippen LogP contribution in [0.3, 0.4) is 0 Å². The first-order chi connectivity index (χ1) is 10.6. The largest absolute Gasteiger partial charge is 0.472 e. The zero-order valence-electron chi connectivity index (χ0n) is 13.4. The molecule has 0 aliphatic rings. The highest BCUT2D eigenvalue weighted by atomic mass is 16.6. The Labute approximate surface area is 133 Å². The Morgan fingerprint density at radius 3 is 1.22 bits per heavy atom. The van der Waals surface area contributed by atoms with Crippen LogP contribution in [0.15, 0.2) is 48.0 Å². The Hall–Kier alpha value is -2.96. The summed E-state index contributed by atoms with van der Waals surface area (Å²) in [5.41, 5.74) is 0.116. The molecule has 0 fully saturated rings. The molecular formula is C16H18O7. The first kappa shape index (κ1) is 20.0. The van der Waals surface area contributed by atoms with E-state index < -0.39 is 23.9 Å². The third kappa shape index (κ3) is 7.56. The van der Waals surface area contributed by atoms with E-state index in [0.29, 0.717) is 0 Å². The number of esters is 4. The fraction of sp³-hybridized carbons (Fsp3) is 0.250. The van der Waals surface area contributed by atoms with Crippen molar-refractivity contribution >= 4 is 23.9 Å². The Morgan fingerprint density at radius 2 is 0.957 bits per heavy atom. The molecule has 0 saturated heterocycles. The number of hydrogen-bond donors (Lipinski definition) is 0. The molecule has 7 nitrogen and oxygen atoms in total. The second kappa shape index (κ2) is 9.14. The van der Waals surface area contributed by atoms with E-state index in [-0.39, 0.29) is 22.3 Å². The highest BCUT2D eigenvalue weighted by Crippen LogP contribution is 2.04. The van der Waals surface area contributed by atoms with Gasteiger partial charge in [0.2, 0.25) is 0 Å². The number of rotatable bonds is 6. The maximum atomic E-state index is 11.5. The van der Waals surface area contributed by atoms with Gasteiger partial charge in [-0.3, -0.25) is 0 Å². The number of ether oxygens (including phenoxy) is 3. The summed E-state index contributed by atoms with van der Waals surface area (Å²) in [7, 11) is 0. The smallest absolute Gasteiger partial charge is 0.344 e. The SMILES string of the molecule is C=C(C)C(=O)OC(=O)C(C)=COC=C(C)C(=O)OC(=O)C(=C)C. The quantitative estimate of drug-likeness (QED) is 0.320. The Kier molecular flexibility index (Phi) is 7.96. The van der Waals surface area contributed by atoms with Crippen molar-refractivity contribution in [2.75, 3.05) is 0 Å². The maximum Gasteiger partial charge on any atom is 0.344 e. The summed E-state index contributed by atoms with van der Waals surface area (Å²) in [6.45, 7) is 12.2. The van der Waals surface area contributed by atoms with E-state index in [1.807, 2.05) is 0 Å². The summed E-state index contributed by atoms with van der Waals surface area (Å²) in [5, 5.41) is 0. The summed E-state index contributed by atoms with van der Waals surface area (Å²) in [6, 6.07) is 0. The first-order valence-electron chi connectivity index (χ1n) is 6.39. The van der Waals surface area contributed by atoms with Crippen molar-refractivity contribution in [3.05, 3.63) is 48.0 Å². The molecule has 0 aliphatic carbocycles. The van der Waals surface area contributed by atoms with Gasteiger partial charge in [0.25, 0.3) is 0 Å². The normalized spacial score (nSPS) is 11.3. The number of carbonyl (C=O) groups excluding carboxylic acids is 4. The topological polar surface area (TPSA) is 96.0 Å². The van der Waals surface area contributed by atoms with Crippen LogP contribution in [0.1, 0.15) is 27.7 Å². The number of hydrogen-bond acceptors (Lipinski definition) is 7. The van der Waals surface area contributed by atoms with Gasteiger partial charge in [0.05, 0.1) is 11.1 Å². The van der Waals surface area contributed by atoms with E-state index in [2.05, 4.69) is 22.6 Å². The van der Waals surface area contributed by atoms with E-state index in [9.17, 15) is 19.2 Å². The zero-order valence-corrected chi connectivity index (χ0v) is 13.4. The molecule has 0 aromatic carbocycles. The third-order valence-electron chi connectivity index (χ3n) is 2.20. The van der Waals surface area contributed by atoms with Crippen molar-refractivity contribution in [3.63, 3.8) is 0 Å². The van der Waals surface area contributed by atoms with E-state index in [1.54, 1.807) is 0 Å². The second-order valence-corrected chi connectivity index (χ2v) is 4.65. The fourth-order valence-corrected chi connectivity index (χ4v) is 0.838. The van der Waals surface area contributed by atoms with Crippen LogP contribution in [0.5, 0.6) is 0 Å². The summed E-state index contributed by atoms with van der Waals surface area (Å²) in [5.74, 6) is -3.53. The zero-order chi connectivity index (χ0) is 18.2. The average Bonchev–Trinajstić information content (AvgIpc) is 2.46. The van der Waals surface area contributed by atoms with Crippen LogP contribution in [0.4, 0.5) is 0 Å². The minimum atomic E-state index is -0.913. The van der Waals surface area contributed by atoms with Gasteiger partial charge in [-0.15, -0.1) is 0 Å². The van der Waals surface area contributed by atoms with Gasteiger partial charge in [0, 0.05) is 11.1 Å². The highest BCUT2D eigenvalue weighted by molar-refractivity contribution is 6.01. The van der Waals surface area contributed by atoms with Gasteiger partial charge in [-0.05, 0) is 27.7 Å². The third-order valence-corrected chi connectivity index (χ3v) is 2.20. The molecule has 0 amide bonds. The van der Waals surface area contributed by atoms with E-state index >= 15 is 0 Å². The fourth-order valence-electron chi connectivity index (χ4n) is 0.838. The van der Waals surface area contributed by atoms with Crippen molar-refractivity contribution in [2.24, 2.45) is 0 Å². The lowest BCUT2D eigenvalue weighted by atomic mass is 10.3. The molecule has 0 rings (SSSR count). The van der Waals surface area contributed by atoms with Crippen LogP contribution >= 0.6 is 0 Å². The van der Waals surface area contributed by atoms with Crippen molar-refractivity contribution in [2.45, 2.75) is 27.7 Å². The van der Waals surface area contributed by atoms with Crippen LogP contribution in [0, 0.1) is 0 Å². The molecule has 0 bridgehead atoms. The van der Waals surface area contributed by atoms with E-state index in [1.165, 1.54) is 27.7 Å². The minimum Gasteiger partial charge on any atom is -0.472 e. The molecule has 0 spiro atoms. The molecule has 7 heteroatoms. The summed E-state index contributed by atoms with van der Waals surface area (Å²) < 4.78 is 13.8. The van der Waals surface area contributed by atoms with Gasteiger partial charge in [-0.2, -0.15) is 0 Å². The van der Waals surface area contributed by atoms with Crippen LogP contribution in [0.25, 0.3) is 0 Å². The highest BCUT2D eigenvalue weighted by Gasteiger charge is 2.14. The van der Waals surface area contributed by atoms with Crippen LogP contribution in [-0.4, -0.2) is 23.9 Å². The molecule has 0 aliphatic heterocycles. The van der Waals surface area contributed by atoms with Gasteiger partial charge in [-0.1, -0.05) is 13.2 Å². The lowest BCUT2D eigenvalue weighted by Gasteiger charge is -2.03. The Bertz CT molecular complexity index is 566. The van der Waals surface area contributed by atoms with Crippen molar-refractivity contribution < 1.29 is 33.4 Å². The van der Waals surface area contributed by atoms with Crippen LogP contribution in [-0.2, 0) is 33.4 Å². The molecule has 0 aromatic heterocycles. The van der Waals surface area contributed by atoms with Gasteiger partial charge >= 0.3 is 23.9 Å². The summed E-state index contributed by atoms with van der Waals surface area (Å²) in [6.07, 6.45) is 1.96. The van der Waals surface area contributed by atoms with Gasteiger partial charge in [0.1, 0.15) is 12.5 Å². The average molecular weight is 322 g/mol. The predicted molar refractivity (Wildman–Crippen MR) is 80.4 cm³/mol. The summed E-state index contributed by atoms with van der Waals surface area (Å²) in [4.78, 5) is 45.3. The maximum absolute atomic E-state index is 11.5. The van der Waals surface area contributed by atoms with Crippen molar-refractivity contribution in [1.29, 1.82) is 0 Å². The monoisotopic (exact) mass is 322 g/mol. The lowest BCUT2D eigenvalue weighted by Crippen LogP contribution is -2.14. The second-order valence-electron chi connectivity index (χ2n) is 4.65.